The fourth-order valence-corrected chi connectivity index (χ4v) is 4.36. The number of piperidine rings is 1. The van der Waals surface area contributed by atoms with E-state index >= 15 is 0 Å². The van der Waals surface area contributed by atoms with Crippen LogP contribution >= 0.6 is 0 Å². The third-order valence-corrected chi connectivity index (χ3v) is 6.04. The van der Waals surface area contributed by atoms with Gasteiger partial charge in [-0.05, 0) is 18.9 Å². The zero-order valence-electron chi connectivity index (χ0n) is 17.0. The molecule has 2 N–H and O–H groups in total. The zero-order chi connectivity index (χ0) is 22.4. The lowest BCUT2D eigenvalue weighted by Crippen LogP contribution is -2.55. The topological polar surface area (TPSA) is 89.6 Å². The Morgan fingerprint density at radius 1 is 1.09 bits per heavy atom. The maximum atomic E-state index is 13.9. The molecule has 12 heteroatoms. The minimum atomic E-state index is -3.07. The van der Waals surface area contributed by atoms with Crippen LogP contribution in [-0.2, 0) is 4.74 Å². The molecule has 8 nitrogen and oxygen atoms in total. The third-order valence-electron chi connectivity index (χ3n) is 6.04. The Labute approximate surface area is 181 Å². The summed E-state index contributed by atoms with van der Waals surface area (Å²) in [7, 11) is 0. The fourth-order valence-electron chi connectivity index (χ4n) is 4.36. The second kappa shape index (κ2) is 8.23. The van der Waals surface area contributed by atoms with Crippen molar-refractivity contribution in [1.82, 2.24) is 15.0 Å². The van der Waals surface area contributed by atoms with Crippen LogP contribution in [0.15, 0.2) is 18.3 Å². The van der Waals surface area contributed by atoms with Gasteiger partial charge in [0.1, 0.15) is 5.82 Å². The standard InChI is InChI=1S/C20H22F4N6O2/c21-13-7-29(8-14(13)22)20-27-15(10-3-16(32-19(23)24)18(25)26-5-10)4-17(28-20)30-6-12-2-1-11(30)9-31-12/h3-5,11-14,19H,1-2,6-9H2,(H2,25,26)/t11-,12-,13-,14+/m0/s1. The van der Waals surface area contributed by atoms with E-state index in [1.54, 1.807) is 6.07 Å². The monoisotopic (exact) mass is 454 g/mol. The number of aromatic nitrogens is 3. The average Bonchev–Trinajstić information content (AvgIpc) is 3.14. The minimum Gasteiger partial charge on any atom is -0.431 e. The molecule has 2 aromatic rings. The van der Waals surface area contributed by atoms with Crippen molar-refractivity contribution in [3.8, 4) is 17.0 Å². The first kappa shape index (κ1) is 21.0. The molecule has 0 amide bonds. The van der Waals surface area contributed by atoms with Gasteiger partial charge in [-0.3, -0.25) is 0 Å². The van der Waals surface area contributed by atoms with Gasteiger partial charge in [0.15, 0.2) is 23.9 Å². The van der Waals surface area contributed by atoms with E-state index in [4.69, 9.17) is 10.5 Å². The summed E-state index contributed by atoms with van der Waals surface area (Å²) in [6.45, 7) is -2.20. The molecule has 6 rings (SSSR count). The summed E-state index contributed by atoms with van der Waals surface area (Å²) in [4.78, 5) is 16.5. The fraction of sp³-hybridized carbons (Fsp3) is 0.550. The smallest absolute Gasteiger partial charge is 0.387 e. The Bertz CT molecular complexity index is 981. The van der Waals surface area contributed by atoms with E-state index in [1.807, 2.05) is 0 Å². The van der Waals surface area contributed by atoms with Crippen molar-refractivity contribution >= 4 is 17.6 Å². The van der Waals surface area contributed by atoms with Gasteiger partial charge in [0, 0.05) is 24.4 Å². The van der Waals surface area contributed by atoms with E-state index in [9.17, 15) is 17.6 Å². The molecule has 4 aliphatic rings. The summed E-state index contributed by atoms with van der Waals surface area (Å²) in [5.74, 6) is 0.275. The molecule has 172 valence electrons. The molecule has 2 bridgehead atoms. The molecule has 4 fully saturated rings. The first-order chi connectivity index (χ1) is 15.4. The Kier molecular flexibility index (Phi) is 5.39. The third kappa shape index (κ3) is 3.98. The Morgan fingerprint density at radius 3 is 2.50 bits per heavy atom. The molecular weight excluding hydrogens is 432 g/mol. The van der Waals surface area contributed by atoms with Crippen molar-refractivity contribution in [2.24, 2.45) is 0 Å². The molecule has 32 heavy (non-hydrogen) atoms. The molecule has 0 saturated carbocycles. The van der Waals surface area contributed by atoms with Gasteiger partial charge >= 0.3 is 6.61 Å². The van der Waals surface area contributed by atoms with Crippen LogP contribution in [0.4, 0.5) is 35.1 Å². The number of morpholine rings is 1. The summed E-state index contributed by atoms with van der Waals surface area (Å²) < 4.78 is 63.4. The van der Waals surface area contributed by atoms with E-state index in [1.165, 1.54) is 17.2 Å². The molecule has 4 atom stereocenters. The Balaban J connectivity index is 1.55. The number of nitrogen functional groups attached to an aromatic ring is 1. The average molecular weight is 454 g/mol. The maximum Gasteiger partial charge on any atom is 0.387 e. The van der Waals surface area contributed by atoms with Gasteiger partial charge in [0.25, 0.3) is 0 Å². The van der Waals surface area contributed by atoms with Gasteiger partial charge in [-0.2, -0.15) is 13.8 Å². The van der Waals surface area contributed by atoms with E-state index in [0.717, 1.165) is 12.8 Å². The van der Waals surface area contributed by atoms with E-state index in [0.29, 0.717) is 30.2 Å². The van der Waals surface area contributed by atoms with Crippen LogP contribution in [0, 0.1) is 0 Å². The van der Waals surface area contributed by atoms with Crippen molar-refractivity contribution in [3.63, 3.8) is 0 Å². The SMILES string of the molecule is Nc1ncc(-c2cc(N3C[C@@H]4CC[C@H]3CO4)nc(N3C[C@@H](F)[C@@H](F)C3)n2)cc1OC(F)F. The zero-order valence-corrected chi connectivity index (χ0v) is 17.0. The number of nitrogens with zero attached hydrogens (tertiary/aromatic N) is 5. The summed E-state index contributed by atoms with van der Waals surface area (Å²) >= 11 is 0. The van der Waals surface area contributed by atoms with Crippen molar-refractivity contribution in [3.05, 3.63) is 18.3 Å². The molecule has 6 heterocycles. The molecule has 0 unspecified atom stereocenters. The van der Waals surface area contributed by atoms with Crippen molar-refractivity contribution in [2.75, 3.05) is 41.8 Å². The summed E-state index contributed by atoms with van der Waals surface area (Å²) in [6, 6.07) is 3.15. The lowest BCUT2D eigenvalue weighted by atomic mass is 9.97. The number of hydrogen-bond donors (Lipinski definition) is 1. The minimum absolute atomic E-state index is 0.0864. The highest BCUT2D eigenvalue weighted by Gasteiger charge is 2.37. The maximum absolute atomic E-state index is 13.9. The number of hydrogen-bond acceptors (Lipinski definition) is 8. The summed E-state index contributed by atoms with van der Waals surface area (Å²) in [5.41, 5.74) is 6.37. The van der Waals surface area contributed by atoms with Gasteiger partial charge in [-0.1, -0.05) is 0 Å². The van der Waals surface area contributed by atoms with Gasteiger partial charge in [-0.15, -0.1) is 0 Å². The normalized spacial score (nSPS) is 27.4. The number of ether oxygens (including phenoxy) is 2. The Morgan fingerprint density at radius 2 is 1.88 bits per heavy atom. The van der Waals surface area contributed by atoms with Gasteiger partial charge < -0.3 is 25.0 Å². The van der Waals surface area contributed by atoms with Crippen LogP contribution in [0.2, 0.25) is 0 Å². The molecule has 0 radical (unpaired) electrons. The molecular formula is C20H22F4N6O2. The van der Waals surface area contributed by atoms with Crippen molar-refractivity contribution in [1.29, 1.82) is 0 Å². The summed E-state index contributed by atoms with van der Waals surface area (Å²) in [5, 5.41) is 0. The van der Waals surface area contributed by atoms with Crippen molar-refractivity contribution in [2.45, 2.75) is 43.9 Å². The van der Waals surface area contributed by atoms with E-state index in [2.05, 4.69) is 24.6 Å². The molecule has 0 spiro atoms. The number of anilines is 3. The Hall–Kier alpha value is -2.89. The van der Waals surface area contributed by atoms with Gasteiger partial charge in [0.05, 0.1) is 37.5 Å². The molecule has 2 aromatic heterocycles. The number of alkyl halides is 4. The first-order valence-electron chi connectivity index (χ1n) is 10.4. The van der Waals surface area contributed by atoms with Crippen LogP contribution in [0.1, 0.15) is 12.8 Å². The van der Waals surface area contributed by atoms with Crippen LogP contribution < -0.4 is 20.3 Å². The van der Waals surface area contributed by atoms with Crippen LogP contribution in [0.5, 0.6) is 5.75 Å². The number of nitrogens with two attached hydrogens (primary N) is 1. The number of rotatable bonds is 5. The molecule has 4 aliphatic heterocycles. The second-order valence-corrected chi connectivity index (χ2v) is 8.17. The molecule has 4 saturated heterocycles. The predicted molar refractivity (Wildman–Crippen MR) is 108 cm³/mol. The largest absolute Gasteiger partial charge is 0.431 e. The second-order valence-electron chi connectivity index (χ2n) is 8.17. The highest BCUT2D eigenvalue weighted by Crippen LogP contribution is 2.35. The highest BCUT2D eigenvalue weighted by atomic mass is 19.3. The van der Waals surface area contributed by atoms with Gasteiger partial charge in [0.2, 0.25) is 5.95 Å². The van der Waals surface area contributed by atoms with Crippen LogP contribution in [0.3, 0.4) is 0 Å². The predicted octanol–water partition coefficient (Wildman–Crippen LogP) is 2.59. The van der Waals surface area contributed by atoms with E-state index in [-0.39, 0.29) is 42.8 Å². The number of fused-ring (bicyclic) bond motifs is 3. The lowest BCUT2D eigenvalue weighted by molar-refractivity contribution is -0.0494. The number of pyridine rings is 1. The number of halogens is 4. The first-order valence-corrected chi connectivity index (χ1v) is 10.4. The van der Waals surface area contributed by atoms with E-state index < -0.39 is 19.0 Å². The van der Waals surface area contributed by atoms with Gasteiger partial charge in [-0.25, -0.2) is 18.7 Å². The molecule has 0 aromatic carbocycles. The van der Waals surface area contributed by atoms with Crippen molar-refractivity contribution < 1.29 is 27.0 Å². The van der Waals surface area contributed by atoms with Crippen LogP contribution in [0.25, 0.3) is 11.3 Å². The quantitative estimate of drug-likeness (QED) is 0.690. The lowest BCUT2D eigenvalue weighted by Gasteiger charge is -2.45. The molecule has 0 aliphatic carbocycles. The highest BCUT2D eigenvalue weighted by molar-refractivity contribution is 5.68. The van der Waals surface area contributed by atoms with Crippen LogP contribution in [-0.4, -0.2) is 72.3 Å². The summed E-state index contributed by atoms with van der Waals surface area (Å²) in [6.07, 6.45) is 0.112.